The molecule has 3 aliphatic heterocycles. The van der Waals surface area contributed by atoms with Crippen LogP contribution in [0.25, 0.3) is 21.9 Å². The third-order valence-corrected chi connectivity index (χ3v) is 7.46. The number of cyclic esters (lactones) is 1. The van der Waals surface area contributed by atoms with Crippen LogP contribution in [0.5, 0.6) is 34.5 Å². The van der Waals surface area contributed by atoms with Crippen LogP contribution < -0.4 is 28.4 Å². The molecule has 0 aliphatic carbocycles. The van der Waals surface area contributed by atoms with Crippen molar-refractivity contribution in [3.05, 3.63) is 35.4 Å². The van der Waals surface area contributed by atoms with Gasteiger partial charge in [-0.2, -0.15) is 0 Å². The minimum absolute atomic E-state index is 0.0492. The second kappa shape index (κ2) is 10.4. The normalized spacial score (nSPS) is 24.7. The number of carbonyl (C=O) groups is 1. The van der Waals surface area contributed by atoms with Crippen molar-refractivity contribution in [1.29, 1.82) is 0 Å². The summed E-state index contributed by atoms with van der Waals surface area (Å²) in [6.45, 7) is -0.749. The molecule has 5 atom stereocenters. The van der Waals surface area contributed by atoms with E-state index in [9.17, 15) is 25.2 Å². The molecule has 0 spiro atoms. The Hall–Kier alpha value is -4.01. The van der Waals surface area contributed by atoms with Gasteiger partial charge in [0.25, 0.3) is 0 Å². The second-order valence-corrected chi connectivity index (χ2v) is 9.61. The summed E-state index contributed by atoms with van der Waals surface area (Å²) in [5.74, 6) is 1.39. The lowest BCUT2D eigenvalue weighted by Crippen LogP contribution is -2.60. The molecule has 0 amide bonds. The highest BCUT2D eigenvalue weighted by molar-refractivity contribution is 6.12. The third kappa shape index (κ3) is 4.24. The van der Waals surface area contributed by atoms with Gasteiger partial charge in [-0.05, 0) is 23.6 Å². The Morgan fingerprint density at radius 2 is 1.49 bits per heavy atom. The number of hydrogen-bond acceptors (Lipinski definition) is 13. The fourth-order valence-electron chi connectivity index (χ4n) is 5.43. The summed E-state index contributed by atoms with van der Waals surface area (Å²) in [5.41, 5.74) is 1.64. The molecule has 3 aromatic rings. The van der Waals surface area contributed by atoms with Gasteiger partial charge in [-0.15, -0.1) is 0 Å². The second-order valence-electron chi connectivity index (χ2n) is 9.61. The zero-order valence-corrected chi connectivity index (χ0v) is 22.3. The highest BCUT2D eigenvalue weighted by atomic mass is 16.7. The molecule has 5 unspecified atom stereocenters. The monoisotopic (exact) mass is 572 g/mol. The van der Waals surface area contributed by atoms with Gasteiger partial charge in [-0.1, -0.05) is 0 Å². The van der Waals surface area contributed by atoms with Gasteiger partial charge in [0.1, 0.15) is 48.1 Å². The Bertz CT molecular complexity index is 1520. The standard InChI is InChI=1S/C28H28O13/c1-34-16-4-11-12(5-17(16)35-2)26(36-3)22-14(9-37-27(22)33)21(11)13-6-18-19(39-10-38-18)7-15(13)40-28-25(32)24(31)23(30)20(8-29)41-28/h4-7,20,23-25,28-32H,8-10H2,1-3H3. The molecule has 13 heteroatoms. The lowest BCUT2D eigenvalue weighted by atomic mass is 9.88. The number of rotatable bonds is 7. The van der Waals surface area contributed by atoms with Gasteiger partial charge in [-0.25, -0.2) is 4.79 Å². The summed E-state index contributed by atoms with van der Waals surface area (Å²) in [4.78, 5) is 13.0. The average Bonchev–Trinajstić information content (AvgIpc) is 3.61. The van der Waals surface area contributed by atoms with E-state index in [1.54, 1.807) is 18.2 Å². The SMILES string of the molecule is COc1cc2c(OC)c3c(c(-c4cc5c(cc4OC4OC(CO)C(O)C(O)C4O)OCO5)c2cc1OC)COC3=O. The number of esters is 1. The largest absolute Gasteiger partial charge is 0.495 e. The van der Waals surface area contributed by atoms with Gasteiger partial charge < -0.3 is 58.3 Å². The number of hydrogen-bond donors (Lipinski definition) is 4. The molecule has 3 heterocycles. The lowest BCUT2D eigenvalue weighted by molar-refractivity contribution is -0.277. The number of aliphatic hydroxyl groups excluding tert-OH is 4. The first-order chi connectivity index (χ1) is 19.8. The van der Waals surface area contributed by atoms with Crippen molar-refractivity contribution in [3.8, 4) is 45.6 Å². The number of carbonyl (C=O) groups excluding carboxylic acids is 1. The molecule has 41 heavy (non-hydrogen) atoms. The molecule has 0 aromatic heterocycles. The smallest absolute Gasteiger partial charge is 0.342 e. The summed E-state index contributed by atoms with van der Waals surface area (Å²) in [6.07, 6.45) is -7.57. The molecule has 6 rings (SSSR count). The van der Waals surface area contributed by atoms with Crippen molar-refractivity contribution < 1.29 is 63.1 Å². The van der Waals surface area contributed by atoms with E-state index in [0.717, 1.165) is 0 Å². The Kier molecular flexibility index (Phi) is 6.91. The van der Waals surface area contributed by atoms with Crippen LogP contribution in [0.15, 0.2) is 24.3 Å². The minimum atomic E-state index is -1.67. The lowest BCUT2D eigenvalue weighted by Gasteiger charge is -2.39. The van der Waals surface area contributed by atoms with Crippen molar-refractivity contribution in [3.63, 3.8) is 0 Å². The van der Waals surface area contributed by atoms with Gasteiger partial charge in [-0.3, -0.25) is 0 Å². The molecule has 0 radical (unpaired) electrons. The number of ether oxygens (including phenoxy) is 8. The number of methoxy groups -OCH3 is 3. The topological polar surface area (TPSA) is 172 Å². The number of benzene rings is 3. The zero-order chi connectivity index (χ0) is 29.0. The molecule has 0 saturated carbocycles. The molecule has 218 valence electrons. The molecular formula is C28H28O13. The van der Waals surface area contributed by atoms with Gasteiger partial charge in [0.2, 0.25) is 13.1 Å². The highest BCUT2D eigenvalue weighted by Gasteiger charge is 2.45. The van der Waals surface area contributed by atoms with Crippen molar-refractivity contribution in [1.82, 2.24) is 0 Å². The van der Waals surface area contributed by atoms with Gasteiger partial charge in [0.05, 0.1) is 27.9 Å². The Labute approximate surface area is 233 Å². The fourth-order valence-corrected chi connectivity index (χ4v) is 5.43. The predicted molar refractivity (Wildman–Crippen MR) is 139 cm³/mol. The van der Waals surface area contributed by atoms with Crippen molar-refractivity contribution >= 4 is 16.7 Å². The summed E-state index contributed by atoms with van der Waals surface area (Å²) in [5, 5.41) is 42.0. The van der Waals surface area contributed by atoms with E-state index < -0.39 is 43.3 Å². The third-order valence-electron chi connectivity index (χ3n) is 7.46. The fraction of sp³-hybridized carbons (Fsp3) is 0.393. The molecule has 3 aliphatic rings. The average molecular weight is 573 g/mol. The zero-order valence-electron chi connectivity index (χ0n) is 22.3. The van der Waals surface area contributed by atoms with Crippen LogP contribution in [-0.2, 0) is 16.1 Å². The van der Waals surface area contributed by atoms with Crippen LogP contribution in [0.3, 0.4) is 0 Å². The summed E-state index contributed by atoms with van der Waals surface area (Å²) in [7, 11) is 4.43. The Balaban J connectivity index is 1.61. The van der Waals surface area contributed by atoms with Crippen LogP contribution in [0.2, 0.25) is 0 Å². The van der Waals surface area contributed by atoms with Crippen LogP contribution in [-0.4, -0.2) is 91.8 Å². The first-order valence-electron chi connectivity index (χ1n) is 12.7. The maximum Gasteiger partial charge on any atom is 0.342 e. The van der Waals surface area contributed by atoms with Crippen molar-refractivity contribution in [2.45, 2.75) is 37.3 Å². The molecule has 1 saturated heterocycles. The van der Waals surface area contributed by atoms with E-state index in [1.165, 1.54) is 27.4 Å². The van der Waals surface area contributed by atoms with E-state index in [2.05, 4.69) is 0 Å². The molecule has 1 fully saturated rings. The summed E-state index contributed by atoms with van der Waals surface area (Å²) < 4.78 is 45.1. The molecule has 4 N–H and O–H groups in total. The van der Waals surface area contributed by atoms with E-state index >= 15 is 0 Å². The van der Waals surface area contributed by atoms with Gasteiger partial charge in [0, 0.05) is 28.1 Å². The van der Waals surface area contributed by atoms with E-state index in [-0.39, 0.29) is 24.7 Å². The van der Waals surface area contributed by atoms with E-state index in [0.29, 0.717) is 56.2 Å². The van der Waals surface area contributed by atoms with Crippen molar-refractivity contribution in [2.24, 2.45) is 0 Å². The van der Waals surface area contributed by atoms with E-state index in [1.807, 2.05) is 0 Å². The van der Waals surface area contributed by atoms with Gasteiger partial charge in [0.15, 0.2) is 23.0 Å². The molecule has 13 nitrogen and oxygen atoms in total. The number of fused-ring (bicyclic) bond motifs is 3. The van der Waals surface area contributed by atoms with Crippen LogP contribution in [0.1, 0.15) is 15.9 Å². The molecule has 3 aromatic carbocycles. The summed E-state index contributed by atoms with van der Waals surface area (Å²) in [6, 6.07) is 6.60. The van der Waals surface area contributed by atoms with Crippen molar-refractivity contribution in [2.75, 3.05) is 34.7 Å². The molecular weight excluding hydrogens is 544 g/mol. The van der Waals surface area contributed by atoms with E-state index in [4.69, 9.17) is 37.9 Å². The Morgan fingerprint density at radius 3 is 2.15 bits per heavy atom. The van der Waals surface area contributed by atoms with Gasteiger partial charge >= 0.3 is 5.97 Å². The first kappa shape index (κ1) is 27.2. The number of aliphatic hydroxyl groups is 4. The van der Waals surface area contributed by atoms with Crippen LogP contribution in [0, 0.1) is 0 Å². The van der Waals surface area contributed by atoms with Crippen LogP contribution >= 0.6 is 0 Å². The minimum Gasteiger partial charge on any atom is -0.495 e. The summed E-state index contributed by atoms with van der Waals surface area (Å²) >= 11 is 0. The quantitative estimate of drug-likeness (QED) is 0.297. The maximum absolute atomic E-state index is 13.0. The Morgan fingerprint density at radius 1 is 0.805 bits per heavy atom. The molecule has 0 bridgehead atoms. The predicted octanol–water partition coefficient (Wildman–Crippen LogP) is 1.11. The van der Waals surface area contributed by atoms with Crippen LogP contribution in [0.4, 0.5) is 0 Å². The highest BCUT2D eigenvalue weighted by Crippen LogP contribution is 2.52. The first-order valence-corrected chi connectivity index (χ1v) is 12.7. The maximum atomic E-state index is 13.0.